The molecule has 2 unspecified atom stereocenters. The molecule has 0 N–H and O–H groups in total. The van der Waals surface area contributed by atoms with Crippen molar-refractivity contribution >= 4 is 11.9 Å². The lowest BCUT2D eigenvalue weighted by atomic mass is 9.92. The topological polar surface area (TPSA) is 52.6 Å². The van der Waals surface area contributed by atoms with E-state index in [0.29, 0.717) is 12.8 Å². The van der Waals surface area contributed by atoms with Crippen molar-refractivity contribution in [1.82, 2.24) is 0 Å². The van der Waals surface area contributed by atoms with Crippen LogP contribution in [0.25, 0.3) is 0 Å². The first-order chi connectivity index (χ1) is 7.60. The molecule has 0 aliphatic carbocycles. The van der Waals surface area contributed by atoms with Crippen LogP contribution in [-0.4, -0.2) is 26.2 Å². The molecule has 0 aliphatic rings. The number of methoxy groups -OCH3 is 2. The highest BCUT2D eigenvalue weighted by Crippen LogP contribution is 2.20. The van der Waals surface area contributed by atoms with E-state index < -0.39 is 0 Å². The van der Waals surface area contributed by atoms with Gasteiger partial charge in [-0.25, -0.2) is 0 Å². The van der Waals surface area contributed by atoms with Gasteiger partial charge in [-0.15, -0.1) is 0 Å². The van der Waals surface area contributed by atoms with Gasteiger partial charge in [0.2, 0.25) is 0 Å². The van der Waals surface area contributed by atoms with Crippen molar-refractivity contribution in [3.05, 3.63) is 0 Å². The summed E-state index contributed by atoms with van der Waals surface area (Å²) < 4.78 is 9.40. The van der Waals surface area contributed by atoms with Gasteiger partial charge in [0.05, 0.1) is 26.1 Å². The third kappa shape index (κ3) is 4.64. The van der Waals surface area contributed by atoms with E-state index in [1.54, 1.807) is 0 Å². The van der Waals surface area contributed by atoms with Crippen LogP contribution in [0.3, 0.4) is 0 Å². The average Bonchev–Trinajstić information content (AvgIpc) is 2.33. The maximum atomic E-state index is 11.3. The van der Waals surface area contributed by atoms with E-state index in [4.69, 9.17) is 9.47 Å². The lowest BCUT2D eigenvalue weighted by molar-refractivity contribution is -0.148. The Morgan fingerprint density at radius 2 is 1.19 bits per heavy atom. The summed E-state index contributed by atoms with van der Waals surface area (Å²) in [6.45, 7) is 3.89. The van der Waals surface area contributed by atoms with Gasteiger partial charge in [-0.05, 0) is 25.7 Å². The Kier molecular flexibility index (Phi) is 7.60. The van der Waals surface area contributed by atoms with E-state index in [1.807, 2.05) is 13.8 Å². The Balaban J connectivity index is 4.17. The molecule has 0 rings (SSSR count). The van der Waals surface area contributed by atoms with Gasteiger partial charge in [-0.1, -0.05) is 13.8 Å². The minimum atomic E-state index is -0.192. The maximum Gasteiger partial charge on any atom is 0.308 e. The highest BCUT2D eigenvalue weighted by Gasteiger charge is 2.22. The highest BCUT2D eigenvalue weighted by molar-refractivity contribution is 5.73. The molecule has 0 aromatic carbocycles. The van der Waals surface area contributed by atoms with Crippen LogP contribution in [0.1, 0.15) is 39.5 Å². The molecular weight excluding hydrogens is 208 g/mol. The van der Waals surface area contributed by atoms with E-state index in [1.165, 1.54) is 14.2 Å². The zero-order valence-corrected chi connectivity index (χ0v) is 10.6. The van der Waals surface area contributed by atoms with Crippen molar-refractivity contribution in [2.75, 3.05) is 14.2 Å². The molecule has 4 nitrogen and oxygen atoms in total. The summed E-state index contributed by atoms with van der Waals surface area (Å²) >= 11 is 0. The van der Waals surface area contributed by atoms with Gasteiger partial charge in [0, 0.05) is 0 Å². The number of esters is 2. The molecule has 0 bridgehead atoms. The van der Waals surface area contributed by atoms with Gasteiger partial charge in [0.25, 0.3) is 0 Å². The van der Waals surface area contributed by atoms with Crippen molar-refractivity contribution in [3.63, 3.8) is 0 Å². The Morgan fingerprint density at radius 1 is 0.875 bits per heavy atom. The van der Waals surface area contributed by atoms with Crippen molar-refractivity contribution in [2.45, 2.75) is 39.5 Å². The monoisotopic (exact) mass is 230 g/mol. The van der Waals surface area contributed by atoms with Crippen LogP contribution in [0.4, 0.5) is 0 Å². The normalized spacial score (nSPS) is 14.0. The molecule has 0 fully saturated rings. The number of carbonyl (C=O) groups excluding carboxylic acids is 2. The quantitative estimate of drug-likeness (QED) is 0.629. The van der Waals surface area contributed by atoms with Crippen molar-refractivity contribution in [3.8, 4) is 0 Å². The SMILES string of the molecule is CCC(CCC(CC)C(=O)OC)C(=O)OC. The number of rotatable bonds is 7. The first-order valence-electron chi connectivity index (χ1n) is 5.76. The van der Waals surface area contributed by atoms with E-state index in [9.17, 15) is 9.59 Å². The average molecular weight is 230 g/mol. The molecule has 0 heterocycles. The highest BCUT2D eigenvalue weighted by atomic mass is 16.5. The summed E-state index contributed by atoms with van der Waals surface area (Å²) in [6, 6.07) is 0. The molecule has 0 amide bonds. The molecule has 0 radical (unpaired) electrons. The lowest BCUT2D eigenvalue weighted by Gasteiger charge is -2.16. The molecule has 0 aromatic rings. The first-order valence-corrected chi connectivity index (χ1v) is 5.76. The predicted molar refractivity (Wildman–Crippen MR) is 60.8 cm³/mol. The van der Waals surface area contributed by atoms with Crippen molar-refractivity contribution in [2.24, 2.45) is 11.8 Å². The first kappa shape index (κ1) is 14.9. The fourth-order valence-corrected chi connectivity index (χ4v) is 1.71. The maximum absolute atomic E-state index is 11.3. The molecule has 16 heavy (non-hydrogen) atoms. The summed E-state index contributed by atoms with van der Waals surface area (Å²) in [6.07, 6.45) is 2.84. The standard InChI is InChI=1S/C12H22O4/c1-5-9(11(13)15-3)7-8-10(6-2)12(14)16-4/h9-10H,5-8H2,1-4H3. The summed E-state index contributed by atoms with van der Waals surface area (Å²) in [5.74, 6) is -0.600. The molecule has 0 saturated carbocycles. The van der Waals surface area contributed by atoms with Crippen LogP contribution in [0.5, 0.6) is 0 Å². The van der Waals surface area contributed by atoms with Crippen LogP contribution in [0, 0.1) is 11.8 Å². The van der Waals surface area contributed by atoms with Gasteiger partial charge < -0.3 is 9.47 Å². The number of hydrogen-bond acceptors (Lipinski definition) is 4. The Morgan fingerprint density at radius 3 is 1.38 bits per heavy atom. The summed E-state index contributed by atoms with van der Waals surface area (Å²) in [4.78, 5) is 22.7. The van der Waals surface area contributed by atoms with E-state index in [-0.39, 0.29) is 23.8 Å². The van der Waals surface area contributed by atoms with Gasteiger partial charge in [-0.2, -0.15) is 0 Å². The second-order valence-electron chi connectivity index (χ2n) is 3.83. The van der Waals surface area contributed by atoms with Crippen molar-refractivity contribution < 1.29 is 19.1 Å². The summed E-state index contributed by atoms with van der Waals surface area (Å²) in [5.41, 5.74) is 0. The van der Waals surface area contributed by atoms with Gasteiger partial charge in [0.1, 0.15) is 0 Å². The molecule has 0 aliphatic heterocycles. The van der Waals surface area contributed by atoms with Crippen LogP contribution >= 0.6 is 0 Å². The number of carbonyl (C=O) groups is 2. The smallest absolute Gasteiger partial charge is 0.308 e. The molecular formula is C12H22O4. The second-order valence-corrected chi connectivity index (χ2v) is 3.83. The fourth-order valence-electron chi connectivity index (χ4n) is 1.71. The number of ether oxygens (including phenoxy) is 2. The minimum Gasteiger partial charge on any atom is -0.469 e. The summed E-state index contributed by atoms with van der Waals surface area (Å²) in [7, 11) is 2.78. The summed E-state index contributed by atoms with van der Waals surface area (Å²) in [5, 5.41) is 0. The molecule has 0 spiro atoms. The second kappa shape index (κ2) is 8.13. The molecule has 0 saturated heterocycles. The largest absolute Gasteiger partial charge is 0.469 e. The molecule has 0 aromatic heterocycles. The van der Waals surface area contributed by atoms with Crippen LogP contribution in [0.15, 0.2) is 0 Å². The van der Waals surface area contributed by atoms with Gasteiger partial charge in [-0.3, -0.25) is 9.59 Å². The van der Waals surface area contributed by atoms with E-state index >= 15 is 0 Å². The van der Waals surface area contributed by atoms with Gasteiger partial charge >= 0.3 is 11.9 Å². The Bertz CT molecular complexity index is 201. The van der Waals surface area contributed by atoms with Crippen LogP contribution in [-0.2, 0) is 19.1 Å². The Labute approximate surface area is 97.3 Å². The van der Waals surface area contributed by atoms with Crippen LogP contribution in [0.2, 0.25) is 0 Å². The van der Waals surface area contributed by atoms with Crippen molar-refractivity contribution in [1.29, 1.82) is 0 Å². The van der Waals surface area contributed by atoms with E-state index in [2.05, 4.69) is 0 Å². The van der Waals surface area contributed by atoms with E-state index in [0.717, 1.165) is 12.8 Å². The Hall–Kier alpha value is -1.06. The number of hydrogen-bond donors (Lipinski definition) is 0. The predicted octanol–water partition coefficient (Wildman–Crippen LogP) is 2.17. The molecule has 4 heteroatoms. The lowest BCUT2D eigenvalue weighted by Crippen LogP contribution is -2.20. The third-order valence-corrected chi connectivity index (χ3v) is 2.92. The zero-order valence-electron chi connectivity index (χ0n) is 10.6. The van der Waals surface area contributed by atoms with Crippen LogP contribution < -0.4 is 0 Å². The fraction of sp³-hybridized carbons (Fsp3) is 0.833. The molecule has 94 valence electrons. The third-order valence-electron chi connectivity index (χ3n) is 2.92. The minimum absolute atomic E-state index is 0.108. The zero-order chi connectivity index (χ0) is 12.6. The molecule has 2 atom stereocenters. The van der Waals surface area contributed by atoms with Gasteiger partial charge in [0.15, 0.2) is 0 Å².